The lowest BCUT2D eigenvalue weighted by atomic mass is 10.0. The monoisotopic (exact) mass is 300 g/mol. The number of nitrogens with one attached hydrogen (secondary N) is 1. The van der Waals surface area contributed by atoms with Gasteiger partial charge in [0.2, 0.25) is 5.78 Å². The lowest BCUT2D eigenvalue weighted by Crippen LogP contribution is -2.35. The first-order chi connectivity index (χ1) is 10.5. The van der Waals surface area contributed by atoms with Crippen LogP contribution in [0.3, 0.4) is 0 Å². The van der Waals surface area contributed by atoms with Crippen molar-refractivity contribution in [2.45, 2.75) is 32.9 Å². The van der Waals surface area contributed by atoms with Gasteiger partial charge in [-0.3, -0.25) is 4.40 Å². The summed E-state index contributed by atoms with van der Waals surface area (Å²) < 4.78 is 7.29. The zero-order valence-corrected chi connectivity index (χ0v) is 13.0. The summed E-state index contributed by atoms with van der Waals surface area (Å²) in [6.07, 6.45) is 3.37. The van der Waals surface area contributed by atoms with Crippen molar-refractivity contribution in [2.75, 3.05) is 6.54 Å². The number of nitrogens with zero attached hydrogens (tertiary/aromatic N) is 3. The number of furan rings is 1. The number of aryl methyl sites for hydroxylation is 2. The molecule has 0 aliphatic rings. The van der Waals surface area contributed by atoms with Crippen molar-refractivity contribution >= 4 is 5.78 Å². The molecular formula is C16H20N4O2. The third kappa shape index (κ3) is 2.75. The summed E-state index contributed by atoms with van der Waals surface area (Å²) in [5.41, 5.74) is 2.01. The highest BCUT2D eigenvalue weighted by molar-refractivity contribution is 5.35. The van der Waals surface area contributed by atoms with Gasteiger partial charge in [0.1, 0.15) is 11.4 Å². The van der Waals surface area contributed by atoms with E-state index in [2.05, 4.69) is 15.3 Å². The molecular weight excluding hydrogens is 280 g/mol. The van der Waals surface area contributed by atoms with Gasteiger partial charge in [0.25, 0.3) is 0 Å². The Labute approximate surface area is 128 Å². The molecule has 6 nitrogen and oxygen atoms in total. The van der Waals surface area contributed by atoms with Crippen LogP contribution >= 0.6 is 0 Å². The summed E-state index contributed by atoms with van der Waals surface area (Å²) in [7, 11) is 0. The van der Waals surface area contributed by atoms with E-state index in [1.807, 2.05) is 30.5 Å². The number of imidazole rings is 1. The molecule has 116 valence electrons. The fraction of sp³-hybridized carbons (Fsp3) is 0.375. The van der Waals surface area contributed by atoms with E-state index in [0.29, 0.717) is 24.6 Å². The smallest absolute Gasteiger partial charge is 0.234 e. The fourth-order valence-corrected chi connectivity index (χ4v) is 2.63. The highest BCUT2D eigenvalue weighted by Gasteiger charge is 2.25. The first kappa shape index (κ1) is 14.7. The molecule has 22 heavy (non-hydrogen) atoms. The maximum absolute atomic E-state index is 10.4. The molecule has 3 rings (SSSR count). The molecule has 1 unspecified atom stereocenters. The topological polar surface area (TPSA) is 75.6 Å². The molecule has 3 heterocycles. The second-order valence-corrected chi connectivity index (χ2v) is 5.78. The lowest BCUT2D eigenvalue weighted by Gasteiger charge is -2.21. The molecule has 0 fully saturated rings. The quantitative estimate of drug-likeness (QED) is 0.753. The van der Waals surface area contributed by atoms with Crippen LogP contribution in [-0.2, 0) is 12.1 Å². The normalized spacial score (nSPS) is 14.4. The molecule has 0 spiro atoms. The van der Waals surface area contributed by atoms with Crippen LogP contribution in [0.1, 0.15) is 29.8 Å². The van der Waals surface area contributed by atoms with Gasteiger partial charge >= 0.3 is 0 Å². The van der Waals surface area contributed by atoms with Crippen LogP contribution in [-0.4, -0.2) is 26.0 Å². The number of hydrogen-bond donors (Lipinski definition) is 2. The van der Waals surface area contributed by atoms with Crippen molar-refractivity contribution in [1.82, 2.24) is 19.7 Å². The molecule has 6 heteroatoms. The number of fused-ring (bicyclic) bond motifs is 1. The van der Waals surface area contributed by atoms with Crippen molar-refractivity contribution in [3.8, 4) is 0 Å². The lowest BCUT2D eigenvalue weighted by molar-refractivity contribution is 0.0339. The largest absolute Gasteiger partial charge is 0.466 e. The number of hydrogen-bond acceptors (Lipinski definition) is 5. The van der Waals surface area contributed by atoms with Gasteiger partial charge in [-0.05, 0) is 39.0 Å². The van der Waals surface area contributed by atoms with Crippen molar-refractivity contribution in [3.63, 3.8) is 0 Å². The minimum absolute atomic E-state index is 0.381. The van der Waals surface area contributed by atoms with E-state index in [1.54, 1.807) is 25.3 Å². The van der Waals surface area contributed by atoms with Gasteiger partial charge < -0.3 is 14.8 Å². The van der Waals surface area contributed by atoms with Gasteiger partial charge in [-0.1, -0.05) is 0 Å². The van der Waals surface area contributed by atoms with Gasteiger partial charge in [0.05, 0.1) is 18.2 Å². The zero-order chi connectivity index (χ0) is 15.7. The molecule has 0 bridgehead atoms. The van der Waals surface area contributed by atoms with Crippen LogP contribution in [0.4, 0.5) is 0 Å². The predicted octanol–water partition coefficient (Wildman–Crippen LogP) is 1.94. The minimum atomic E-state index is -1.05. The molecule has 0 aromatic carbocycles. The average molecular weight is 300 g/mol. The highest BCUT2D eigenvalue weighted by Crippen LogP contribution is 2.20. The van der Waals surface area contributed by atoms with Crippen LogP contribution in [0.15, 0.2) is 35.1 Å². The minimum Gasteiger partial charge on any atom is -0.466 e. The summed E-state index contributed by atoms with van der Waals surface area (Å²) in [5, 5.41) is 13.7. The second kappa shape index (κ2) is 5.55. The number of aromatic nitrogens is 3. The summed E-state index contributed by atoms with van der Waals surface area (Å²) in [6, 6.07) is 5.57. The van der Waals surface area contributed by atoms with E-state index in [-0.39, 0.29) is 0 Å². The van der Waals surface area contributed by atoms with Crippen LogP contribution in [0, 0.1) is 13.8 Å². The summed E-state index contributed by atoms with van der Waals surface area (Å²) in [5.74, 6) is 1.25. The van der Waals surface area contributed by atoms with Crippen LogP contribution in [0.5, 0.6) is 0 Å². The molecule has 0 aliphatic carbocycles. The van der Waals surface area contributed by atoms with Crippen molar-refractivity contribution in [2.24, 2.45) is 0 Å². The van der Waals surface area contributed by atoms with Crippen LogP contribution in [0.2, 0.25) is 0 Å². The first-order valence-corrected chi connectivity index (χ1v) is 7.25. The van der Waals surface area contributed by atoms with E-state index in [0.717, 1.165) is 17.1 Å². The molecule has 0 saturated heterocycles. The molecule has 3 aromatic rings. The Morgan fingerprint density at radius 3 is 2.95 bits per heavy atom. The Hall–Kier alpha value is -2.18. The summed E-state index contributed by atoms with van der Waals surface area (Å²) in [6.45, 7) is 6.69. The van der Waals surface area contributed by atoms with Gasteiger partial charge in [0.15, 0.2) is 0 Å². The Kier molecular flexibility index (Phi) is 3.72. The fourth-order valence-electron chi connectivity index (χ4n) is 2.63. The van der Waals surface area contributed by atoms with Crippen molar-refractivity contribution in [3.05, 3.63) is 53.5 Å². The zero-order valence-electron chi connectivity index (χ0n) is 13.0. The Morgan fingerprint density at radius 2 is 2.23 bits per heavy atom. The van der Waals surface area contributed by atoms with E-state index in [9.17, 15) is 5.11 Å². The third-order valence-electron chi connectivity index (χ3n) is 3.69. The molecule has 0 amide bonds. The van der Waals surface area contributed by atoms with E-state index in [4.69, 9.17) is 4.42 Å². The summed E-state index contributed by atoms with van der Waals surface area (Å²) in [4.78, 5) is 8.75. The van der Waals surface area contributed by atoms with E-state index in [1.165, 1.54) is 0 Å². The second-order valence-electron chi connectivity index (χ2n) is 5.78. The molecule has 2 N–H and O–H groups in total. The highest BCUT2D eigenvalue weighted by atomic mass is 16.4. The Bertz CT molecular complexity index is 775. The van der Waals surface area contributed by atoms with Crippen LogP contribution < -0.4 is 5.32 Å². The van der Waals surface area contributed by atoms with Gasteiger partial charge in [0, 0.05) is 24.5 Å². The predicted molar refractivity (Wildman–Crippen MR) is 82.4 cm³/mol. The van der Waals surface area contributed by atoms with E-state index < -0.39 is 5.60 Å². The summed E-state index contributed by atoms with van der Waals surface area (Å²) >= 11 is 0. The molecule has 0 radical (unpaired) electrons. The van der Waals surface area contributed by atoms with E-state index >= 15 is 0 Å². The Balaban J connectivity index is 1.72. The van der Waals surface area contributed by atoms with Crippen molar-refractivity contribution < 1.29 is 9.52 Å². The maximum Gasteiger partial charge on any atom is 0.234 e. The molecule has 0 saturated carbocycles. The SMILES string of the molecule is Cc1cc(C)n2c(CNCC(C)(O)c3ccco3)cnc2n1. The third-order valence-corrected chi connectivity index (χ3v) is 3.69. The Morgan fingerprint density at radius 1 is 1.41 bits per heavy atom. The molecule has 0 aliphatic heterocycles. The standard InChI is InChI=1S/C16H20N4O2/c1-11-7-12(2)20-13(9-18-15(20)19-11)8-17-10-16(3,21)14-5-4-6-22-14/h4-7,9,17,21H,8,10H2,1-3H3. The van der Waals surface area contributed by atoms with Crippen molar-refractivity contribution in [1.29, 1.82) is 0 Å². The van der Waals surface area contributed by atoms with Gasteiger partial charge in [-0.15, -0.1) is 0 Å². The number of aliphatic hydroxyl groups is 1. The molecule has 1 atom stereocenters. The van der Waals surface area contributed by atoms with Gasteiger partial charge in [-0.25, -0.2) is 9.97 Å². The number of rotatable bonds is 5. The van der Waals surface area contributed by atoms with Gasteiger partial charge in [-0.2, -0.15) is 0 Å². The van der Waals surface area contributed by atoms with Crippen LogP contribution in [0.25, 0.3) is 5.78 Å². The molecule has 3 aromatic heterocycles. The maximum atomic E-state index is 10.4. The first-order valence-electron chi connectivity index (χ1n) is 7.25. The average Bonchev–Trinajstić information content (AvgIpc) is 3.08.